The van der Waals surface area contributed by atoms with Crippen molar-refractivity contribution in [3.8, 4) is 0 Å². The molecule has 26 heavy (non-hydrogen) atoms. The number of nitrogens with zero attached hydrogens (tertiary/aromatic N) is 3. The van der Waals surface area contributed by atoms with Crippen molar-refractivity contribution in [1.29, 1.82) is 0 Å². The quantitative estimate of drug-likeness (QED) is 0.535. The highest BCUT2D eigenvalue weighted by Gasteiger charge is 2.09. The standard InChI is InChI=1S/C20H22N4OS/c1-14-22-18-7-5-4-6-17(18)20(23-14)26-13-19(25)21-12-15-8-10-16(11-9-15)24(2)3/h4-11H,12-13H2,1-3H3,(H,21,25). The molecule has 1 heterocycles. The van der Waals surface area contributed by atoms with Gasteiger partial charge in [-0.25, -0.2) is 9.97 Å². The summed E-state index contributed by atoms with van der Waals surface area (Å²) in [4.78, 5) is 23.2. The Morgan fingerprint density at radius 1 is 1.08 bits per heavy atom. The number of rotatable bonds is 6. The second-order valence-electron chi connectivity index (χ2n) is 6.22. The summed E-state index contributed by atoms with van der Waals surface area (Å²) in [5.41, 5.74) is 3.13. The number of amides is 1. The molecule has 6 heteroatoms. The first-order valence-electron chi connectivity index (χ1n) is 8.42. The van der Waals surface area contributed by atoms with E-state index in [1.165, 1.54) is 11.8 Å². The molecule has 1 N–H and O–H groups in total. The number of carbonyl (C=O) groups excluding carboxylic acids is 1. The highest BCUT2D eigenvalue weighted by atomic mass is 32.2. The highest BCUT2D eigenvalue weighted by molar-refractivity contribution is 8.00. The number of aromatic nitrogens is 2. The van der Waals surface area contributed by atoms with E-state index in [2.05, 4.69) is 15.3 Å². The van der Waals surface area contributed by atoms with E-state index in [0.717, 1.165) is 27.2 Å². The van der Waals surface area contributed by atoms with Crippen LogP contribution in [0, 0.1) is 6.92 Å². The zero-order valence-corrected chi connectivity index (χ0v) is 16.0. The van der Waals surface area contributed by atoms with Gasteiger partial charge in [-0.1, -0.05) is 42.1 Å². The van der Waals surface area contributed by atoms with Gasteiger partial charge in [-0.2, -0.15) is 0 Å². The molecule has 0 saturated carbocycles. The summed E-state index contributed by atoms with van der Waals surface area (Å²) in [6.45, 7) is 2.39. The maximum Gasteiger partial charge on any atom is 0.230 e. The molecule has 2 aromatic carbocycles. The first kappa shape index (κ1) is 18.2. The van der Waals surface area contributed by atoms with Crippen LogP contribution >= 0.6 is 11.8 Å². The molecule has 1 aromatic heterocycles. The number of para-hydroxylation sites is 1. The van der Waals surface area contributed by atoms with Crippen molar-refractivity contribution in [2.75, 3.05) is 24.7 Å². The van der Waals surface area contributed by atoms with E-state index in [0.29, 0.717) is 18.1 Å². The maximum absolute atomic E-state index is 12.2. The number of carbonyl (C=O) groups is 1. The lowest BCUT2D eigenvalue weighted by Crippen LogP contribution is -2.24. The third-order valence-corrected chi connectivity index (χ3v) is 4.95. The number of hydrogen-bond donors (Lipinski definition) is 1. The molecule has 0 fully saturated rings. The van der Waals surface area contributed by atoms with Crippen molar-refractivity contribution in [2.45, 2.75) is 18.5 Å². The fraction of sp³-hybridized carbons (Fsp3) is 0.250. The van der Waals surface area contributed by atoms with Crippen LogP contribution in [-0.2, 0) is 11.3 Å². The summed E-state index contributed by atoms with van der Waals surface area (Å²) in [6.07, 6.45) is 0. The molecule has 0 aliphatic carbocycles. The number of aryl methyl sites for hydroxylation is 1. The van der Waals surface area contributed by atoms with E-state index in [9.17, 15) is 4.79 Å². The van der Waals surface area contributed by atoms with Crippen molar-refractivity contribution in [1.82, 2.24) is 15.3 Å². The minimum absolute atomic E-state index is 0.00738. The van der Waals surface area contributed by atoms with E-state index in [1.807, 2.05) is 74.4 Å². The average Bonchev–Trinajstić information content (AvgIpc) is 2.64. The van der Waals surface area contributed by atoms with Crippen LogP contribution in [-0.4, -0.2) is 35.7 Å². The molecule has 0 aliphatic rings. The molecule has 0 radical (unpaired) electrons. The Hall–Kier alpha value is -2.60. The van der Waals surface area contributed by atoms with E-state index in [4.69, 9.17) is 0 Å². The Bertz CT molecular complexity index is 909. The third kappa shape index (κ3) is 4.52. The second kappa shape index (κ2) is 8.19. The molecular weight excluding hydrogens is 344 g/mol. The topological polar surface area (TPSA) is 58.1 Å². The molecule has 0 spiro atoms. The minimum atomic E-state index is -0.00738. The van der Waals surface area contributed by atoms with Gasteiger partial charge in [0.25, 0.3) is 0 Å². The minimum Gasteiger partial charge on any atom is -0.378 e. The Morgan fingerprint density at radius 2 is 1.81 bits per heavy atom. The van der Waals surface area contributed by atoms with E-state index in [-0.39, 0.29) is 5.91 Å². The molecule has 0 unspecified atom stereocenters. The molecule has 1 amide bonds. The van der Waals surface area contributed by atoms with Crippen LogP contribution in [0.3, 0.4) is 0 Å². The van der Waals surface area contributed by atoms with E-state index in [1.54, 1.807) is 0 Å². The Balaban J connectivity index is 1.58. The van der Waals surface area contributed by atoms with Crippen LogP contribution in [0.25, 0.3) is 10.9 Å². The van der Waals surface area contributed by atoms with Crippen LogP contribution in [0.5, 0.6) is 0 Å². The predicted octanol–water partition coefficient (Wildman–Crippen LogP) is 3.41. The van der Waals surface area contributed by atoms with Crippen molar-refractivity contribution in [2.24, 2.45) is 0 Å². The lowest BCUT2D eigenvalue weighted by Gasteiger charge is -2.13. The number of fused-ring (bicyclic) bond motifs is 1. The summed E-state index contributed by atoms with van der Waals surface area (Å²) in [6, 6.07) is 16.0. The van der Waals surface area contributed by atoms with Gasteiger partial charge in [0.05, 0.1) is 11.3 Å². The number of thioether (sulfide) groups is 1. The average molecular weight is 366 g/mol. The SMILES string of the molecule is Cc1nc(SCC(=O)NCc2ccc(N(C)C)cc2)c2ccccc2n1. The molecule has 0 atom stereocenters. The molecular formula is C20H22N4OS. The maximum atomic E-state index is 12.2. The van der Waals surface area contributed by atoms with E-state index >= 15 is 0 Å². The number of nitrogens with one attached hydrogen (secondary N) is 1. The molecule has 3 aromatic rings. The molecule has 0 bridgehead atoms. The van der Waals surface area contributed by atoms with Gasteiger partial charge >= 0.3 is 0 Å². The largest absolute Gasteiger partial charge is 0.378 e. The van der Waals surface area contributed by atoms with Gasteiger partial charge < -0.3 is 10.2 Å². The normalized spacial score (nSPS) is 10.7. The molecule has 5 nitrogen and oxygen atoms in total. The Kier molecular flexibility index (Phi) is 5.73. The van der Waals surface area contributed by atoms with Crippen LogP contribution in [0.4, 0.5) is 5.69 Å². The van der Waals surface area contributed by atoms with Crippen molar-refractivity contribution >= 4 is 34.3 Å². The first-order valence-corrected chi connectivity index (χ1v) is 9.40. The predicted molar refractivity (Wildman–Crippen MR) is 108 cm³/mol. The summed E-state index contributed by atoms with van der Waals surface area (Å²) >= 11 is 1.44. The fourth-order valence-corrected chi connectivity index (χ4v) is 3.46. The first-order chi connectivity index (χ1) is 12.5. The van der Waals surface area contributed by atoms with Crippen LogP contribution < -0.4 is 10.2 Å². The molecule has 3 rings (SSSR count). The number of benzene rings is 2. The number of hydrogen-bond acceptors (Lipinski definition) is 5. The lowest BCUT2D eigenvalue weighted by molar-refractivity contribution is -0.118. The molecule has 0 aliphatic heterocycles. The van der Waals surface area contributed by atoms with Gasteiger partial charge in [0.1, 0.15) is 10.9 Å². The van der Waals surface area contributed by atoms with Gasteiger partial charge in [-0.15, -0.1) is 0 Å². The van der Waals surface area contributed by atoms with Gasteiger partial charge in [0, 0.05) is 31.7 Å². The summed E-state index contributed by atoms with van der Waals surface area (Å²) < 4.78 is 0. The van der Waals surface area contributed by atoms with E-state index < -0.39 is 0 Å². The third-order valence-electron chi connectivity index (χ3n) is 3.96. The molecule has 0 saturated heterocycles. The summed E-state index contributed by atoms with van der Waals surface area (Å²) in [7, 11) is 4.01. The Morgan fingerprint density at radius 3 is 2.54 bits per heavy atom. The smallest absolute Gasteiger partial charge is 0.230 e. The van der Waals surface area contributed by atoms with Crippen molar-refractivity contribution in [3.63, 3.8) is 0 Å². The van der Waals surface area contributed by atoms with Crippen LogP contribution in [0.2, 0.25) is 0 Å². The van der Waals surface area contributed by atoms with Crippen molar-refractivity contribution in [3.05, 3.63) is 59.9 Å². The van der Waals surface area contributed by atoms with Crippen LogP contribution in [0.1, 0.15) is 11.4 Å². The van der Waals surface area contributed by atoms with Gasteiger partial charge in [0.15, 0.2) is 0 Å². The fourth-order valence-electron chi connectivity index (χ4n) is 2.57. The number of anilines is 1. The highest BCUT2D eigenvalue weighted by Crippen LogP contribution is 2.24. The zero-order valence-electron chi connectivity index (χ0n) is 15.2. The summed E-state index contributed by atoms with van der Waals surface area (Å²) in [5.74, 6) is 1.04. The zero-order chi connectivity index (χ0) is 18.5. The molecule has 134 valence electrons. The lowest BCUT2D eigenvalue weighted by atomic mass is 10.2. The monoisotopic (exact) mass is 366 g/mol. The van der Waals surface area contributed by atoms with Gasteiger partial charge in [-0.3, -0.25) is 4.79 Å². The van der Waals surface area contributed by atoms with Gasteiger partial charge in [0.2, 0.25) is 5.91 Å². The van der Waals surface area contributed by atoms with Crippen LogP contribution in [0.15, 0.2) is 53.6 Å². The summed E-state index contributed by atoms with van der Waals surface area (Å²) in [5, 5.41) is 4.79. The Labute approximate surface area is 157 Å². The second-order valence-corrected chi connectivity index (χ2v) is 7.18. The van der Waals surface area contributed by atoms with Gasteiger partial charge in [-0.05, 0) is 30.7 Å². The van der Waals surface area contributed by atoms with Crippen molar-refractivity contribution < 1.29 is 4.79 Å².